The summed E-state index contributed by atoms with van der Waals surface area (Å²) >= 11 is 0. The van der Waals surface area contributed by atoms with Crippen LogP contribution in [0.5, 0.6) is 0 Å². The summed E-state index contributed by atoms with van der Waals surface area (Å²) in [6.45, 7) is 1.64. The minimum Gasteiger partial charge on any atom is -0.394 e. The molecular formula is C8H17BNO4P. The molecule has 4 atom stereocenters. The Hall–Kier alpha value is 0.135. The van der Waals surface area contributed by atoms with Gasteiger partial charge in [0, 0.05) is 18.2 Å². The molecule has 4 unspecified atom stereocenters. The topological polar surface area (TPSA) is 78.8 Å². The highest BCUT2D eigenvalue weighted by molar-refractivity contribution is 7.55. The molecular weight excluding hydrogens is 216 g/mol. The molecule has 86 valence electrons. The molecule has 1 aliphatic rings. The van der Waals surface area contributed by atoms with Gasteiger partial charge in [-0.3, -0.25) is 4.57 Å². The van der Waals surface area contributed by atoms with Crippen LogP contribution in [0, 0.1) is 0 Å². The first-order valence-electron chi connectivity index (χ1n) is 5.10. The fourth-order valence-corrected chi connectivity index (χ4v) is 3.24. The van der Waals surface area contributed by atoms with Gasteiger partial charge in [0.2, 0.25) is 0 Å². The quantitative estimate of drug-likeness (QED) is 0.453. The molecule has 1 saturated heterocycles. The van der Waals surface area contributed by atoms with Crippen molar-refractivity contribution in [1.82, 2.24) is 5.09 Å². The number of aliphatic hydroxyl groups excluding tert-OH is 1. The molecule has 0 aromatic heterocycles. The van der Waals surface area contributed by atoms with Crippen LogP contribution in [0.3, 0.4) is 0 Å². The maximum Gasteiger partial charge on any atom is 0.267 e. The van der Waals surface area contributed by atoms with Gasteiger partial charge in [-0.05, 0) is 12.8 Å². The van der Waals surface area contributed by atoms with Gasteiger partial charge in [-0.15, -0.1) is 0 Å². The summed E-state index contributed by atoms with van der Waals surface area (Å²) < 4.78 is 16.8. The lowest BCUT2D eigenvalue weighted by atomic mass is 9.95. The minimum atomic E-state index is -3.32. The summed E-state index contributed by atoms with van der Waals surface area (Å²) in [6, 6.07) is -0.811. The molecule has 0 bridgehead atoms. The van der Waals surface area contributed by atoms with E-state index < -0.39 is 19.6 Å². The Morgan fingerprint density at radius 1 is 1.67 bits per heavy atom. The monoisotopic (exact) mass is 233 g/mol. The van der Waals surface area contributed by atoms with Crippen LogP contribution in [0.15, 0.2) is 0 Å². The number of ether oxygens (including phenoxy) is 1. The molecule has 1 rings (SSSR count). The van der Waals surface area contributed by atoms with Crippen molar-refractivity contribution < 1.29 is 19.3 Å². The summed E-state index contributed by atoms with van der Waals surface area (Å²) in [4.78, 5) is 9.54. The van der Waals surface area contributed by atoms with Crippen LogP contribution < -0.4 is 5.09 Å². The Bertz CT molecular complexity index is 253. The molecule has 3 N–H and O–H groups in total. The standard InChI is InChI=1S/C8H17BNO4P/c1-2-3-15(12,13)10-6-4-8(9)14-7(6)5-11/h6-8,11H,2-5H2,1H3,(H2,10,12,13). The second-order valence-corrected chi connectivity index (χ2v) is 5.90. The van der Waals surface area contributed by atoms with Crippen LogP contribution in [0.2, 0.25) is 0 Å². The zero-order chi connectivity index (χ0) is 11.5. The smallest absolute Gasteiger partial charge is 0.267 e. The highest BCUT2D eigenvalue weighted by atomic mass is 31.2. The van der Waals surface area contributed by atoms with E-state index in [1.165, 1.54) is 0 Å². The first-order chi connectivity index (χ1) is 6.98. The third kappa shape index (κ3) is 3.89. The fourth-order valence-electron chi connectivity index (χ4n) is 1.71. The van der Waals surface area contributed by atoms with Crippen molar-refractivity contribution in [3.05, 3.63) is 0 Å². The lowest BCUT2D eigenvalue weighted by molar-refractivity contribution is 0.0357. The Morgan fingerprint density at radius 2 is 2.33 bits per heavy atom. The van der Waals surface area contributed by atoms with Gasteiger partial charge in [0.15, 0.2) is 0 Å². The highest BCUT2D eigenvalue weighted by Crippen LogP contribution is 2.38. The van der Waals surface area contributed by atoms with Gasteiger partial charge < -0.3 is 14.7 Å². The molecule has 0 aromatic carbocycles. The second-order valence-electron chi connectivity index (χ2n) is 3.79. The molecule has 0 amide bonds. The van der Waals surface area contributed by atoms with E-state index in [2.05, 4.69) is 5.09 Å². The normalized spacial score (nSPS) is 35.3. The van der Waals surface area contributed by atoms with E-state index in [1.54, 1.807) is 0 Å². The van der Waals surface area contributed by atoms with Crippen molar-refractivity contribution in [1.29, 1.82) is 0 Å². The highest BCUT2D eigenvalue weighted by Gasteiger charge is 2.35. The van der Waals surface area contributed by atoms with Crippen molar-refractivity contribution in [2.75, 3.05) is 12.8 Å². The van der Waals surface area contributed by atoms with Gasteiger partial charge in [-0.1, -0.05) is 6.92 Å². The summed E-state index contributed by atoms with van der Waals surface area (Å²) in [7, 11) is 2.22. The Morgan fingerprint density at radius 3 is 2.87 bits per heavy atom. The number of hydrogen-bond donors (Lipinski definition) is 3. The third-order valence-corrected chi connectivity index (χ3v) is 4.15. The van der Waals surface area contributed by atoms with E-state index in [0.29, 0.717) is 12.8 Å². The summed E-state index contributed by atoms with van der Waals surface area (Å²) in [5.41, 5.74) is 0. The lowest BCUT2D eigenvalue weighted by Gasteiger charge is -2.21. The van der Waals surface area contributed by atoms with Gasteiger partial charge in [0.1, 0.15) is 7.85 Å². The molecule has 1 fully saturated rings. The summed E-state index contributed by atoms with van der Waals surface area (Å²) in [6.07, 6.45) is 0.804. The predicted octanol–water partition coefficient (Wildman–Crippen LogP) is -0.184. The first-order valence-corrected chi connectivity index (χ1v) is 6.94. The van der Waals surface area contributed by atoms with Crippen molar-refractivity contribution in [3.8, 4) is 0 Å². The molecule has 0 aromatic rings. The zero-order valence-electron chi connectivity index (χ0n) is 8.80. The van der Waals surface area contributed by atoms with Crippen molar-refractivity contribution in [2.24, 2.45) is 0 Å². The number of nitrogens with one attached hydrogen (secondary N) is 1. The maximum atomic E-state index is 11.6. The molecule has 2 radical (unpaired) electrons. The van der Waals surface area contributed by atoms with E-state index in [0.717, 1.165) is 0 Å². The number of hydrogen-bond acceptors (Lipinski definition) is 3. The van der Waals surface area contributed by atoms with Gasteiger partial charge in [-0.25, -0.2) is 5.09 Å². The summed E-state index contributed by atoms with van der Waals surface area (Å²) in [5.74, 6) is 0. The second kappa shape index (κ2) is 5.46. The van der Waals surface area contributed by atoms with Crippen LogP contribution in [0.4, 0.5) is 0 Å². The fraction of sp³-hybridized carbons (Fsp3) is 1.00. The van der Waals surface area contributed by atoms with Crippen LogP contribution >= 0.6 is 7.52 Å². The third-order valence-electron chi connectivity index (χ3n) is 2.36. The van der Waals surface area contributed by atoms with E-state index in [-0.39, 0.29) is 18.8 Å². The SMILES string of the molecule is [B]C1CC(NP(=O)(O)CCC)C(CO)O1. The molecule has 1 aliphatic heterocycles. The van der Waals surface area contributed by atoms with Gasteiger partial charge in [-0.2, -0.15) is 0 Å². The largest absolute Gasteiger partial charge is 0.394 e. The molecule has 0 aliphatic carbocycles. The van der Waals surface area contributed by atoms with Crippen molar-refractivity contribution in [3.63, 3.8) is 0 Å². The van der Waals surface area contributed by atoms with Gasteiger partial charge in [0.25, 0.3) is 7.52 Å². The molecule has 0 spiro atoms. The van der Waals surface area contributed by atoms with E-state index in [9.17, 15) is 9.46 Å². The van der Waals surface area contributed by atoms with Crippen LogP contribution in [-0.2, 0) is 9.30 Å². The van der Waals surface area contributed by atoms with Crippen molar-refractivity contribution >= 4 is 15.4 Å². The summed E-state index contributed by atoms with van der Waals surface area (Å²) in [5, 5.41) is 11.6. The average molecular weight is 233 g/mol. The van der Waals surface area contributed by atoms with Crippen LogP contribution in [0.1, 0.15) is 19.8 Å². The van der Waals surface area contributed by atoms with Crippen LogP contribution in [0.25, 0.3) is 0 Å². The van der Waals surface area contributed by atoms with E-state index >= 15 is 0 Å². The molecule has 0 saturated carbocycles. The average Bonchev–Trinajstić information content (AvgIpc) is 2.44. The Kier molecular flexibility index (Phi) is 4.80. The molecule has 1 heterocycles. The predicted molar refractivity (Wildman–Crippen MR) is 58.0 cm³/mol. The molecule has 15 heavy (non-hydrogen) atoms. The first kappa shape index (κ1) is 13.2. The lowest BCUT2D eigenvalue weighted by Crippen LogP contribution is -2.36. The van der Waals surface area contributed by atoms with Gasteiger partial charge in [0.05, 0.1) is 12.7 Å². The van der Waals surface area contributed by atoms with E-state index in [4.69, 9.17) is 17.7 Å². The number of aliphatic hydroxyl groups is 1. The van der Waals surface area contributed by atoms with Gasteiger partial charge >= 0.3 is 0 Å². The van der Waals surface area contributed by atoms with Crippen LogP contribution in [-0.4, -0.2) is 48.8 Å². The Balaban J connectivity index is 2.53. The maximum absolute atomic E-state index is 11.6. The van der Waals surface area contributed by atoms with Crippen molar-refractivity contribution in [2.45, 2.75) is 37.9 Å². The van der Waals surface area contributed by atoms with E-state index in [1.807, 2.05) is 6.92 Å². The Labute approximate surface area is 91.1 Å². The zero-order valence-corrected chi connectivity index (χ0v) is 9.69. The molecule has 5 nitrogen and oxygen atoms in total. The molecule has 7 heteroatoms. The number of rotatable bonds is 5. The minimum absolute atomic E-state index is 0.197.